The summed E-state index contributed by atoms with van der Waals surface area (Å²) in [6, 6.07) is 2.14. The van der Waals surface area contributed by atoms with E-state index in [2.05, 4.69) is 21.0 Å². The van der Waals surface area contributed by atoms with Gasteiger partial charge < -0.3 is 9.72 Å². The Labute approximate surface area is 131 Å². The molecule has 0 bridgehead atoms. The first-order chi connectivity index (χ1) is 10.8. The molecule has 0 saturated heterocycles. The molecule has 1 atom stereocenters. The molecule has 0 fully saturated rings. The maximum Gasteiger partial charge on any atom is 0.258 e. The van der Waals surface area contributed by atoms with E-state index >= 15 is 0 Å². The summed E-state index contributed by atoms with van der Waals surface area (Å²) in [5, 5.41) is 9.43. The Bertz CT molecular complexity index is 758. The molecule has 112 valence electrons. The molecule has 0 radical (unpaired) electrons. The van der Waals surface area contributed by atoms with Crippen LogP contribution in [0.25, 0.3) is 0 Å². The number of hydrogen-bond acceptors (Lipinski definition) is 6. The Kier molecular flexibility index (Phi) is 4.39. The van der Waals surface area contributed by atoms with Crippen LogP contribution in [0.1, 0.15) is 12.0 Å². The highest BCUT2D eigenvalue weighted by atomic mass is 32.2. The van der Waals surface area contributed by atoms with Crippen molar-refractivity contribution >= 4 is 17.5 Å². The van der Waals surface area contributed by atoms with E-state index in [-0.39, 0.29) is 17.9 Å². The third kappa shape index (κ3) is 3.12. The SMILES string of the molecule is N#CCC1=NC=CC=CC1CSc1nc2c(c(=O)[nH]1)CCO2. The van der Waals surface area contributed by atoms with Crippen molar-refractivity contribution in [2.75, 3.05) is 12.4 Å². The molecule has 3 heterocycles. The fourth-order valence-corrected chi connectivity index (χ4v) is 3.24. The average molecular weight is 314 g/mol. The van der Waals surface area contributed by atoms with Crippen LogP contribution in [0.3, 0.4) is 0 Å². The normalized spacial score (nSPS) is 19.0. The maximum absolute atomic E-state index is 11.9. The van der Waals surface area contributed by atoms with Crippen LogP contribution in [0, 0.1) is 17.2 Å². The Morgan fingerprint density at radius 2 is 2.41 bits per heavy atom. The highest BCUT2D eigenvalue weighted by molar-refractivity contribution is 7.99. The molecule has 1 unspecified atom stereocenters. The molecule has 22 heavy (non-hydrogen) atoms. The lowest BCUT2D eigenvalue weighted by atomic mass is 10.0. The number of rotatable bonds is 4. The van der Waals surface area contributed by atoms with Crippen molar-refractivity contribution in [3.63, 3.8) is 0 Å². The van der Waals surface area contributed by atoms with Gasteiger partial charge in [-0.3, -0.25) is 9.79 Å². The molecule has 2 aliphatic heterocycles. The van der Waals surface area contributed by atoms with Gasteiger partial charge in [0.2, 0.25) is 5.88 Å². The minimum absolute atomic E-state index is 0.0409. The molecule has 0 spiro atoms. The fraction of sp³-hybridized carbons (Fsp3) is 0.333. The summed E-state index contributed by atoms with van der Waals surface area (Å²) in [4.78, 5) is 23.3. The quantitative estimate of drug-likeness (QED) is 0.676. The standard InChI is InChI=1S/C15H14N4O2S/c16-6-4-12-10(3-1-2-7-17-12)9-22-15-18-13(20)11-5-8-21-14(11)19-15/h1-3,7,10H,4-5,8-9H2,(H,18,19,20). The molecule has 2 aliphatic rings. The van der Waals surface area contributed by atoms with Crippen LogP contribution in [0.4, 0.5) is 0 Å². The topological polar surface area (TPSA) is 91.1 Å². The lowest BCUT2D eigenvalue weighted by Gasteiger charge is -2.12. The van der Waals surface area contributed by atoms with E-state index in [9.17, 15) is 4.79 Å². The molecule has 0 amide bonds. The zero-order chi connectivity index (χ0) is 15.4. The number of aromatic amines is 1. The number of nitrogens with zero attached hydrogens (tertiary/aromatic N) is 3. The van der Waals surface area contributed by atoms with E-state index in [1.807, 2.05) is 18.2 Å². The molecule has 0 aliphatic carbocycles. The number of fused-ring (bicyclic) bond motifs is 1. The summed E-state index contributed by atoms with van der Waals surface area (Å²) < 4.78 is 5.36. The van der Waals surface area contributed by atoms with E-state index in [4.69, 9.17) is 10.00 Å². The number of hydrogen-bond donors (Lipinski definition) is 1. The second-order valence-electron chi connectivity index (χ2n) is 4.85. The van der Waals surface area contributed by atoms with Gasteiger partial charge in [0.25, 0.3) is 5.56 Å². The van der Waals surface area contributed by atoms with E-state index < -0.39 is 0 Å². The molecular weight excluding hydrogens is 300 g/mol. The maximum atomic E-state index is 11.9. The Hall–Kier alpha value is -2.33. The Balaban J connectivity index is 1.73. The van der Waals surface area contributed by atoms with Crippen LogP contribution in [-0.4, -0.2) is 28.0 Å². The fourth-order valence-electron chi connectivity index (χ4n) is 2.29. The second-order valence-corrected chi connectivity index (χ2v) is 5.86. The molecule has 1 N–H and O–H groups in total. The van der Waals surface area contributed by atoms with Gasteiger partial charge in [0.05, 0.1) is 24.7 Å². The van der Waals surface area contributed by atoms with Gasteiger partial charge in [0, 0.05) is 30.0 Å². The number of aliphatic imine (C=N–C) groups is 1. The van der Waals surface area contributed by atoms with Crippen LogP contribution in [0.15, 0.2) is 39.4 Å². The molecule has 0 aromatic carbocycles. The van der Waals surface area contributed by atoms with E-state index in [1.54, 1.807) is 6.20 Å². The summed E-state index contributed by atoms with van der Waals surface area (Å²) in [5.41, 5.74) is 1.31. The van der Waals surface area contributed by atoms with Crippen LogP contribution in [-0.2, 0) is 6.42 Å². The third-order valence-corrected chi connectivity index (χ3v) is 4.41. The number of ether oxygens (including phenoxy) is 1. The third-order valence-electron chi connectivity index (χ3n) is 3.42. The number of aromatic nitrogens is 2. The summed E-state index contributed by atoms with van der Waals surface area (Å²) >= 11 is 1.43. The predicted octanol–water partition coefficient (Wildman–Crippen LogP) is 1.85. The predicted molar refractivity (Wildman–Crippen MR) is 84.2 cm³/mol. The minimum Gasteiger partial charge on any atom is -0.477 e. The second kappa shape index (κ2) is 6.62. The van der Waals surface area contributed by atoms with Gasteiger partial charge in [-0.25, -0.2) is 0 Å². The van der Waals surface area contributed by atoms with Gasteiger partial charge in [-0.2, -0.15) is 10.2 Å². The number of nitriles is 1. The van der Waals surface area contributed by atoms with Gasteiger partial charge in [0.1, 0.15) is 0 Å². The number of H-pyrrole nitrogens is 1. The van der Waals surface area contributed by atoms with Gasteiger partial charge in [-0.05, 0) is 6.08 Å². The van der Waals surface area contributed by atoms with Crippen molar-refractivity contribution < 1.29 is 4.74 Å². The van der Waals surface area contributed by atoms with Gasteiger partial charge in [-0.1, -0.05) is 23.9 Å². The molecule has 1 aromatic heterocycles. The Morgan fingerprint density at radius 3 is 3.27 bits per heavy atom. The van der Waals surface area contributed by atoms with Crippen molar-refractivity contribution in [2.24, 2.45) is 10.9 Å². The largest absolute Gasteiger partial charge is 0.477 e. The summed E-state index contributed by atoms with van der Waals surface area (Å²) in [7, 11) is 0. The van der Waals surface area contributed by atoms with Gasteiger partial charge in [0.15, 0.2) is 5.16 Å². The lowest BCUT2D eigenvalue weighted by Crippen LogP contribution is -2.16. The molecule has 0 saturated carbocycles. The Morgan fingerprint density at radius 1 is 1.50 bits per heavy atom. The summed E-state index contributed by atoms with van der Waals surface area (Å²) in [6.45, 7) is 0.509. The van der Waals surface area contributed by atoms with Crippen molar-refractivity contribution in [3.05, 3.63) is 40.3 Å². The van der Waals surface area contributed by atoms with Crippen molar-refractivity contribution in [1.82, 2.24) is 9.97 Å². The van der Waals surface area contributed by atoms with Crippen molar-refractivity contribution in [3.8, 4) is 11.9 Å². The minimum atomic E-state index is -0.131. The zero-order valence-corrected chi connectivity index (χ0v) is 12.6. The lowest BCUT2D eigenvalue weighted by molar-refractivity contribution is 0.342. The number of thioether (sulfide) groups is 1. The monoisotopic (exact) mass is 314 g/mol. The highest BCUT2D eigenvalue weighted by Crippen LogP contribution is 2.24. The van der Waals surface area contributed by atoms with Gasteiger partial charge in [-0.15, -0.1) is 0 Å². The summed E-state index contributed by atoms with van der Waals surface area (Å²) in [6.07, 6.45) is 8.36. The first-order valence-electron chi connectivity index (χ1n) is 6.93. The first kappa shape index (κ1) is 14.6. The highest BCUT2D eigenvalue weighted by Gasteiger charge is 2.20. The van der Waals surface area contributed by atoms with Crippen LogP contribution in [0.5, 0.6) is 5.88 Å². The van der Waals surface area contributed by atoms with E-state index in [0.717, 1.165) is 5.71 Å². The average Bonchev–Trinajstić information content (AvgIpc) is 2.87. The molecule has 3 rings (SSSR count). The zero-order valence-electron chi connectivity index (χ0n) is 11.8. The molecular formula is C15H14N4O2S. The van der Waals surface area contributed by atoms with E-state index in [0.29, 0.717) is 35.4 Å². The van der Waals surface area contributed by atoms with Crippen molar-refractivity contribution in [2.45, 2.75) is 18.0 Å². The smallest absolute Gasteiger partial charge is 0.258 e. The molecule has 7 heteroatoms. The molecule has 1 aromatic rings. The number of allylic oxidation sites excluding steroid dienone is 3. The van der Waals surface area contributed by atoms with E-state index in [1.165, 1.54) is 11.8 Å². The molecule has 6 nitrogen and oxygen atoms in total. The van der Waals surface area contributed by atoms with Crippen LogP contribution < -0.4 is 10.3 Å². The summed E-state index contributed by atoms with van der Waals surface area (Å²) in [5.74, 6) is 1.13. The van der Waals surface area contributed by atoms with Crippen molar-refractivity contribution in [1.29, 1.82) is 5.26 Å². The van der Waals surface area contributed by atoms with Gasteiger partial charge >= 0.3 is 0 Å². The van der Waals surface area contributed by atoms with Crippen LogP contribution >= 0.6 is 11.8 Å². The van der Waals surface area contributed by atoms with Crippen LogP contribution in [0.2, 0.25) is 0 Å². The first-order valence-corrected chi connectivity index (χ1v) is 7.92. The number of nitrogens with one attached hydrogen (secondary N) is 1.